The zero-order valence-electron chi connectivity index (χ0n) is 8.07. The van der Waals surface area contributed by atoms with E-state index in [9.17, 15) is 0 Å². The molecule has 0 fully saturated rings. The topological polar surface area (TPSA) is 63.0 Å². The van der Waals surface area contributed by atoms with E-state index in [0.29, 0.717) is 11.8 Å². The molecule has 0 amide bonds. The van der Waals surface area contributed by atoms with Crippen LogP contribution in [0.1, 0.15) is 27.7 Å². The second-order valence-corrected chi connectivity index (χ2v) is 2.79. The van der Waals surface area contributed by atoms with Crippen LogP contribution in [0.4, 0.5) is 0 Å². The van der Waals surface area contributed by atoms with E-state index in [-0.39, 0.29) is 32.7 Å². The van der Waals surface area contributed by atoms with Crippen molar-refractivity contribution < 1.29 is 32.7 Å². The Morgan fingerprint density at radius 2 is 0.727 bits per heavy atom. The Balaban J connectivity index is -0.0000000171. The van der Waals surface area contributed by atoms with Crippen molar-refractivity contribution in [1.82, 2.24) is 0 Å². The second-order valence-electron chi connectivity index (χ2n) is 2.79. The molecular weight excluding hydrogens is 176 g/mol. The van der Waals surface area contributed by atoms with E-state index in [1.165, 1.54) is 0 Å². The molecule has 0 saturated heterocycles. The molecule has 0 aromatic carbocycles. The molecule has 4 N–H and O–H groups in total. The summed E-state index contributed by atoms with van der Waals surface area (Å²) in [4.78, 5) is 0. The first-order chi connectivity index (χ1) is 3.46. The molecular formula is C8H22O2Ti. The first kappa shape index (κ1) is 29.9. The normalized spacial score (nSPS) is 6.55. The second kappa shape index (κ2) is 22.4. The van der Waals surface area contributed by atoms with Crippen LogP contribution >= 0.6 is 0 Å². The van der Waals surface area contributed by atoms with Crippen molar-refractivity contribution in [2.45, 2.75) is 27.7 Å². The first-order valence-electron chi connectivity index (χ1n) is 3.13. The SMILES string of the molecule is O.O.[CH2-]C(C)C.[CH2-]C(C)C.[Ti+2]. The molecule has 0 aromatic rings. The third-order valence-corrected chi connectivity index (χ3v) is 0. The summed E-state index contributed by atoms with van der Waals surface area (Å²) >= 11 is 0. The van der Waals surface area contributed by atoms with Crippen molar-refractivity contribution in [3.8, 4) is 0 Å². The minimum Gasteiger partial charge on any atom is -0.412 e. The molecule has 0 saturated carbocycles. The summed E-state index contributed by atoms with van der Waals surface area (Å²) in [5.74, 6) is 1.17. The van der Waals surface area contributed by atoms with Gasteiger partial charge >= 0.3 is 21.7 Å². The zero-order chi connectivity index (χ0) is 7.15. The summed E-state index contributed by atoms with van der Waals surface area (Å²) in [6.45, 7) is 15.5. The third-order valence-electron chi connectivity index (χ3n) is 0. The third kappa shape index (κ3) is 1970. The average Bonchev–Trinajstić information content (AvgIpc) is 1.25. The largest absolute Gasteiger partial charge is 2.00 e. The summed E-state index contributed by atoms with van der Waals surface area (Å²) in [6, 6.07) is 0. The monoisotopic (exact) mass is 198 g/mol. The van der Waals surface area contributed by atoms with Gasteiger partial charge in [0.05, 0.1) is 0 Å². The maximum atomic E-state index is 3.64. The summed E-state index contributed by atoms with van der Waals surface area (Å²) < 4.78 is 0. The van der Waals surface area contributed by atoms with Gasteiger partial charge in [-0.2, -0.15) is 11.8 Å². The van der Waals surface area contributed by atoms with E-state index >= 15 is 0 Å². The Labute approximate surface area is 86.3 Å². The van der Waals surface area contributed by atoms with Gasteiger partial charge in [-0.05, 0) is 0 Å². The predicted molar refractivity (Wildman–Crippen MR) is 47.6 cm³/mol. The minimum atomic E-state index is 0. The molecule has 0 aromatic heterocycles. The Hall–Kier alpha value is 0.634. The van der Waals surface area contributed by atoms with Crippen LogP contribution < -0.4 is 0 Å². The van der Waals surface area contributed by atoms with Gasteiger partial charge in [-0.1, -0.05) is 27.7 Å². The first-order valence-corrected chi connectivity index (χ1v) is 3.13. The van der Waals surface area contributed by atoms with Crippen LogP contribution in [0, 0.1) is 25.7 Å². The molecule has 3 heteroatoms. The number of hydrogen-bond acceptors (Lipinski definition) is 0. The van der Waals surface area contributed by atoms with Crippen molar-refractivity contribution in [1.29, 1.82) is 0 Å². The van der Waals surface area contributed by atoms with E-state index in [0.717, 1.165) is 0 Å². The van der Waals surface area contributed by atoms with Gasteiger partial charge in [0.1, 0.15) is 0 Å². The van der Waals surface area contributed by atoms with Gasteiger partial charge in [-0.15, -0.1) is 0 Å². The van der Waals surface area contributed by atoms with Gasteiger partial charge in [-0.3, -0.25) is 0 Å². The molecule has 0 radical (unpaired) electrons. The van der Waals surface area contributed by atoms with Crippen LogP contribution in [0.2, 0.25) is 0 Å². The van der Waals surface area contributed by atoms with Crippen LogP contribution in [-0.4, -0.2) is 11.0 Å². The maximum absolute atomic E-state index is 3.64. The maximum Gasteiger partial charge on any atom is 2.00 e. The van der Waals surface area contributed by atoms with Crippen LogP contribution in [0.15, 0.2) is 0 Å². The van der Waals surface area contributed by atoms with E-state index in [2.05, 4.69) is 41.5 Å². The fourth-order valence-corrected chi connectivity index (χ4v) is 0. The molecule has 0 heterocycles. The van der Waals surface area contributed by atoms with Crippen LogP contribution in [0.25, 0.3) is 0 Å². The molecule has 11 heavy (non-hydrogen) atoms. The van der Waals surface area contributed by atoms with Gasteiger partial charge in [-0.25, -0.2) is 0 Å². The average molecular weight is 198 g/mol. The van der Waals surface area contributed by atoms with Crippen LogP contribution in [0.3, 0.4) is 0 Å². The van der Waals surface area contributed by atoms with Gasteiger partial charge in [0.2, 0.25) is 0 Å². The summed E-state index contributed by atoms with van der Waals surface area (Å²) in [6.07, 6.45) is 0. The Morgan fingerprint density at radius 1 is 0.727 bits per heavy atom. The van der Waals surface area contributed by atoms with Crippen LogP contribution in [0.5, 0.6) is 0 Å². The van der Waals surface area contributed by atoms with Crippen LogP contribution in [-0.2, 0) is 21.7 Å². The molecule has 0 rings (SSSR count). The molecule has 0 aliphatic rings. The van der Waals surface area contributed by atoms with E-state index in [1.54, 1.807) is 0 Å². The molecule has 0 unspecified atom stereocenters. The van der Waals surface area contributed by atoms with Crippen molar-refractivity contribution in [3.63, 3.8) is 0 Å². The van der Waals surface area contributed by atoms with E-state index in [4.69, 9.17) is 0 Å². The fraction of sp³-hybridized carbons (Fsp3) is 0.750. The van der Waals surface area contributed by atoms with Crippen molar-refractivity contribution >= 4 is 0 Å². The Morgan fingerprint density at radius 3 is 0.727 bits per heavy atom. The van der Waals surface area contributed by atoms with E-state index < -0.39 is 0 Å². The molecule has 0 bridgehead atoms. The Kier molecular flexibility index (Phi) is 60.9. The standard InChI is InChI=1S/2C4H9.2H2O.Ti/c2*1-4(2)3;;;/h2*4H,1H2,2-3H3;2*1H2;/q2*-1;;;+2. The van der Waals surface area contributed by atoms with Crippen molar-refractivity contribution in [2.75, 3.05) is 0 Å². The van der Waals surface area contributed by atoms with Gasteiger partial charge < -0.3 is 24.8 Å². The summed E-state index contributed by atoms with van der Waals surface area (Å²) in [5, 5.41) is 0. The minimum absolute atomic E-state index is 0. The quantitative estimate of drug-likeness (QED) is 0.416. The van der Waals surface area contributed by atoms with Gasteiger partial charge in [0, 0.05) is 0 Å². The van der Waals surface area contributed by atoms with Gasteiger partial charge in [0.15, 0.2) is 0 Å². The zero-order valence-corrected chi connectivity index (χ0v) is 9.63. The molecule has 70 valence electrons. The molecule has 0 aliphatic heterocycles. The smallest absolute Gasteiger partial charge is 0.412 e. The summed E-state index contributed by atoms with van der Waals surface area (Å²) in [5.41, 5.74) is 0. The molecule has 0 spiro atoms. The Bertz CT molecular complexity index is 27.6. The molecule has 0 aliphatic carbocycles. The molecule has 2 nitrogen and oxygen atoms in total. The number of hydrogen-bond donors (Lipinski definition) is 0. The fourth-order valence-electron chi connectivity index (χ4n) is 0. The molecule has 0 atom stereocenters. The van der Waals surface area contributed by atoms with E-state index in [1.807, 2.05) is 0 Å². The number of rotatable bonds is 0. The predicted octanol–water partition coefficient (Wildman–Crippen LogP) is 1.30. The summed E-state index contributed by atoms with van der Waals surface area (Å²) in [7, 11) is 0. The van der Waals surface area contributed by atoms with Gasteiger partial charge in [0.25, 0.3) is 0 Å². The van der Waals surface area contributed by atoms with Crippen molar-refractivity contribution in [3.05, 3.63) is 13.8 Å². The van der Waals surface area contributed by atoms with Crippen molar-refractivity contribution in [2.24, 2.45) is 11.8 Å².